The van der Waals surface area contributed by atoms with Crippen LogP contribution in [0.5, 0.6) is 5.75 Å². The average Bonchev–Trinajstić information content (AvgIpc) is 3.02. The van der Waals surface area contributed by atoms with E-state index in [4.69, 9.17) is 16.3 Å². The van der Waals surface area contributed by atoms with Crippen LogP contribution in [0, 0.1) is 12.3 Å². The summed E-state index contributed by atoms with van der Waals surface area (Å²) in [6, 6.07) is 15.0. The minimum atomic E-state index is -4.02. The normalized spacial score (nSPS) is 12.4. The van der Waals surface area contributed by atoms with Crippen LogP contribution < -0.4 is 4.74 Å². The quantitative estimate of drug-likeness (QED) is 0.216. The van der Waals surface area contributed by atoms with Crippen molar-refractivity contribution in [1.29, 1.82) is 0 Å². The third kappa shape index (κ3) is 3.93. The van der Waals surface area contributed by atoms with E-state index in [1.807, 2.05) is 6.92 Å². The first kappa shape index (κ1) is 22.8. The molecule has 0 N–H and O–H groups in total. The molecular weight excluding hydrogens is 514 g/mol. The Labute approximate surface area is 200 Å². The van der Waals surface area contributed by atoms with Gasteiger partial charge >= 0.3 is 5.97 Å². The fourth-order valence-corrected chi connectivity index (χ4v) is 5.55. The lowest BCUT2D eigenvalue weighted by Crippen LogP contribution is -2.26. The number of halogens is 2. The molecule has 0 aliphatic carbocycles. The summed E-state index contributed by atoms with van der Waals surface area (Å²) in [6.07, 6.45) is 0. The number of benzene rings is 3. The summed E-state index contributed by atoms with van der Waals surface area (Å²) < 4.78 is 35.2. The Morgan fingerprint density at radius 3 is 2.28 bits per heavy atom. The van der Waals surface area contributed by atoms with Gasteiger partial charge in [0, 0.05) is 20.3 Å². The Bertz CT molecular complexity index is 1480. The van der Waals surface area contributed by atoms with Gasteiger partial charge in [0.1, 0.15) is 5.52 Å². The smallest absolute Gasteiger partial charge is 0.316 e. The molecule has 0 bridgehead atoms. The number of ether oxygens (including phenoxy) is 1. The Kier molecular flexibility index (Phi) is 5.64. The van der Waals surface area contributed by atoms with Gasteiger partial charge in [0.25, 0.3) is 10.0 Å². The van der Waals surface area contributed by atoms with Gasteiger partial charge in [0.2, 0.25) is 0 Å². The van der Waals surface area contributed by atoms with Crippen LogP contribution in [0.15, 0.2) is 64.0 Å². The van der Waals surface area contributed by atoms with Crippen LogP contribution in [0.1, 0.15) is 26.3 Å². The monoisotopic (exact) mass is 533 g/mol. The lowest BCUT2D eigenvalue weighted by atomic mass is 9.97. The first-order valence-corrected chi connectivity index (χ1v) is 12.5. The highest BCUT2D eigenvalue weighted by Crippen LogP contribution is 2.41. The van der Waals surface area contributed by atoms with Gasteiger partial charge in [-0.2, -0.15) is 0 Å². The van der Waals surface area contributed by atoms with E-state index in [0.717, 1.165) is 5.56 Å². The Balaban J connectivity index is 2.13. The van der Waals surface area contributed by atoms with Crippen molar-refractivity contribution in [3.05, 3.63) is 69.7 Å². The molecule has 0 saturated heterocycles. The molecule has 3 aromatic carbocycles. The van der Waals surface area contributed by atoms with Crippen LogP contribution in [0.25, 0.3) is 21.8 Å². The molecule has 0 fully saturated rings. The lowest BCUT2D eigenvalue weighted by Gasteiger charge is -2.18. The first-order valence-electron chi connectivity index (χ1n) is 9.87. The highest BCUT2D eigenvalue weighted by atomic mass is 79.9. The SMILES string of the molecule is Cc1ccc(S(=O)(=O)n2c3ccc(Cl)cc3c3cc(Br)cc(OC(=O)C(C)(C)C)c32)cc1. The molecular formula is C24H21BrClNO4S. The molecule has 0 atom stereocenters. The number of carbonyl (C=O) groups excluding carboxylic acids is 1. The fourth-order valence-electron chi connectivity index (χ4n) is 3.41. The molecule has 0 radical (unpaired) electrons. The van der Waals surface area contributed by atoms with Crippen LogP contribution in [0.4, 0.5) is 0 Å². The van der Waals surface area contributed by atoms with Crippen LogP contribution in [-0.2, 0) is 14.8 Å². The van der Waals surface area contributed by atoms with Crippen molar-refractivity contribution in [3.63, 3.8) is 0 Å². The molecule has 5 nitrogen and oxygen atoms in total. The molecule has 166 valence electrons. The molecule has 0 spiro atoms. The zero-order valence-electron chi connectivity index (χ0n) is 17.9. The molecule has 0 aliphatic heterocycles. The van der Waals surface area contributed by atoms with Gasteiger partial charge in [-0.15, -0.1) is 0 Å². The second-order valence-electron chi connectivity index (χ2n) is 8.68. The largest absolute Gasteiger partial charge is 0.424 e. The fraction of sp³-hybridized carbons (Fsp3) is 0.208. The van der Waals surface area contributed by atoms with E-state index in [0.29, 0.717) is 25.8 Å². The Hall–Kier alpha value is -2.35. The predicted molar refractivity (Wildman–Crippen MR) is 131 cm³/mol. The average molecular weight is 535 g/mol. The number of rotatable bonds is 3. The maximum Gasteiger partial charge on any atom is 0.316 e. The number of carbonyl (C=O) groups is 1. The van der Waals surface area contributed by atoms with Crippen LogP contribution >= 0.6 is 27.5 Å². The van der Waals surface area contributed by atoms with E-state index in [1.165, 1.54) is 3.97 Å². The third-order valence-electron chi connectivity index (χ3n) is 5.08. The topological polar surface area (TPSA) is 65.4 Å². The summed E-state index contributed by atoms with van der Waals surface area (Å²) in [7, 11) is -4.02. The Morgan fingerprint density at radius 1 is 1.00 bits per heavy atom. The number of aryl methyl sites for hydroxylation is 1. The minimum Gasteiger partial charge on any atom is -0.424 e. The molecule has 0 unspecified atom stereocenters. The van der Waals surface area contributed by atoms with Gasteiger partial charge in [-0.3, -0.25) is 4.79 Å². The van der Waals surface area contributed by atoms with Crippen LogP contribution in [0.3, 0.4) is 0 Å². The van der Waals surface area contributed by atoms with Gasteiger partial charge in [-0.25, -0.2) is 12.4 Å². The highest BCUT2D eigenvalue weighted by Gasteiger charge is 2.29. The number of hydrogen-bond donors (Lipinski definition) is 0. The molecule has 4 aromatic rings. The van der Waals surface area contributed by atoms with Crippen molar-refractivity contribution in [2.75, 3.05) is 0 Å². The lowest BCUT2D eigenvalue weighted by molar-refractivity contribution is -0.142. The van der Waals surface area contributed by atoms with Crippen LogP contribution in [0.2, 0.25) is 5.02 Å². The second-order valence-corrected chi connectivity index (χ2v) is 11.8. The standard InChI is InChI=1S/C24H21BrClNO4S/c1-14-5-8-17(9-6-14)32(29,30)27-20-10-7-16(26)13-18(20)19-11-15(25)12-21(22(19)27)31-23(28)24(2,3)4/h5-13H,1-4H3. The third-order valence-corrected chi connectivity index (χ3v) is 7.51. The summed E-state index contributed by atoms with van der Waals surface area (Å²) in [6.45, 7) is 7.11. The van der Waals surface area contributed by atoms with Gasteiger partial charge in [-0.05, 0) is 70.2 Å². The summed E-state index contributed by atoms with van der Waals surface area (Å²) in [4.78, 5) is 12.8. The van der Waals surface area contributed by atoms with Crippen molar-refractivity contribution >= 4 is 65.3 Å². The number of aromatic nitrogens is 1. The van der Waals surface area contributed by atoms with E-state index in [1.54, 1.807) is 75.4 Å². The molecule has 4 rings (SSSR count). The molecule has 8 heteroatoms. The molecule has 0 amide bonds. The van der Waals surface area contributed by atoms with Crippen molar-refractivity contribution in [1.82, 2.24) is 3.97 Å². The predicted octanol–water partition coefficient (Wildman–Crippen LogP) is 6.71. The molecule has 0 aliphatic rings. The van der Waals surface area contributed by atoms with Crippen molar-refractivity contribution in [3.8, 4) is 5.75 Å². The van der Waals surface area contributed by atoms with Gasteiger partial charge in [0.05, 0.1) is 15.8 Å². The zero-order chi connectivity index (χ0) is 23.4. The van der Waals surface area contributed by atoms with Gasteiger partial charge in [0.15, 0.2) is 5.75 Å². The summed E-state index contributed by atoms with van der Waals surface area (Å²) >= 11 is 9.70. The molecule has 0 saturated carbocycles. The first-order chi connectivity index (χ1) is 14.9. The van der Waals surface area contributed by atoms with E-state index in [-0.39, 0.29) is 16.2 Å². The number of nitrogens with zero attached hydrogens (tertiary/aromatic N) is 1. The van der Waals surface area contributed by atoms with Gasteiger partial charge in [-0.1, -0.05) is 45.2 Å². The van der Waals surface area contributed by atoms with Crippen molar-refractivity contribution in [2.24, 2.45) is 5.41 Å². The molecule has 1 aromatic heterocycles. The molecule has 32 heavy (non-hydrogen) atoms. The maximum absolute atomic E-state index is 13.8. The van der Waals surface area contributed by atoms with Crippen molar-refractivity contribution in [2.45, 2.75) is 32.6 Å². The van der Waals surface area contributed by atoms with Gasteiger partial charge < -0.3 is 4.74 Å². The van der Waals surface area contributed by atoms with E-state index in [9.17, 15) is 13.2 Å². The number of esters is 1. The molecule has 1 heterocycles. The Morgan fingerprint density at radius 2 is 1.66 bits per heavy atom. The van der Waals surface area contributed by atoms with Crippen LogP contribution in [-0.4, -0.2) is 18.4 Å². The summed E-state index contributed by atoms with van der Waals surface area (Å²) in [5.41, 5.74) is 0.895. The van der Waals surface area contributed by atoms with E-state index < -0.39 is 21.4 Å². The highest BCUT2D eigenvalue weighted by molar-refractivity contribution is 9.10. The second kappa shape index (κ2) is 7.90. The van der Waals surface area contributed by atoms with E-state index >= 15 is 0 Å². The number of hydrogen-bond acceptors (Lipinski definition) is 4. The van der Waals surface area contributed by atoms with E-state index in [2.05, 4.69) is 15.9 Å². The summed E-state index contributed by atoms with van der Waals surface area (Å²) in [5, 5.41) is 1.71. The number of fused-ring (bicyclic) bond motifs is 3. The zero-order valence-corrected chi connectivity index (χ0v) is 21.1. The summed E-state index contributed by atoms with van der Waals surface area (Å²) in [5.74, 6) is -0.322. The minimum absolute atomic E-state index is 0.132. The van der Waals surface area contributed by atoms with Crippen molar-refractivity contribution < 1.29 is 17.9 Å². The maximum atomic E-state index is 13.8.